The first-order valence-electron chi connectivity index (χ1n) is 8.66. The Morgan fingerprint density at radius 3 is 2.64 bits per heavy atom. The van der Waals surface area contributed by atoms with Crippen LogP contribution in [0.4, 0.5) is 5.69 Å². The molecule has 0 fully saturated rings. The standard InChI is InChI=1S/C19H20N6O2S/c1-25-13-22-24-19(25)28-12-17(26)23-16-7-5-14(6-8-16)18(27)21-11-9-15-4-2-3-10-20-15/h2-8,10,13H,9,11-12H2,1H3,(H,21,27)(H,23,26). The summed E-state index contributed by atoms with van der Waals surface area (Å²) in [5.74, 6) is -0.0883. The van der Waals surface area contributed by atoms with E-state index >= 15 is 0 Å². The predicted octanol–water partition coefficient (Wildman–Crippen LogP) is 1.91. The molecule has 3 aromatic rings. The number of nitrogens with zero attached hydrogens (tertiary/aromatic N) is 4. The lowest BCUT2D eigenvalue weighted by Crippen LogP contribution is -2.25. The molecule has 0 aliphatic rings. The molecular weight excluding hydrogens is 376 g/mol. The number of thioether (sulfide) groups is 1. The first-order valence-corrected chi connectivity index (χ1v) is 9.65. The van der Waals surface area contributed by atoms with Crippen molar-refractivity contribution < 1.29 is 9.59 Å². The zero-order valence-corrected chi connectivity index (χ0v) is 16.1. The molecule has 2 aromatic heterocycles. The topological polar surface area (TPSA) is 102 Å². The van der Waals surface area contributed by atoms with Gasteiger partial charge in [-0.15, -0.1) is 10.2 Å². The Morgan fingerprint density at radius 1 is 1.14 bits per heavy atom. The van der Waals surface area contributed by atoms with Crippen molar-refractivity contribution in [3.8, 4) is 0 Å². The molecule has 0 bridgehead atoms. The van der Waals surface area contributed by atoms with Gasteiger partial charge in [-0.05, 0) is 36.4 Å². The van der Waals surface area contributed by atoms with Gasteiger partial charge in [0.1, 0.15) is 6.33 Å². The highest BCUT2D eigenvalue weighted by molar-refractivity contribution is 7.99. The summed E-state index contributed by atoms with van der Waals surface area (Å²) >= 11 is 1.30. The lowest BCUT2D eigenvalue weighted by atomic mass is 10.2. The molecule has 2 amide bonds. The number of hydrogen-bond donors (Lipinski definition) is 2. The molecule has 28 heavy (non-hydrogen) atoms. The summed E-state index contributed by atoms with van der Waals surface area (Å²) in [5, 5.41) is 14.0. The quantitative estimate of drug-likeness (QED) is 0.564. The minimum Gasteiger partial charge on any atom is -0.352 e. The third-order valence-electron chi connectivity index (χ3n) is 3.83. The number of aromatic nitrogens is 4. The predicted molar refractivity (Wildman–Crippen MR) is 107 cm³/mol. The van der Waals surface area contributed by atoms with Gasteiger partial charge in [-0.1, -0.05) is 17.8 Å². The van der Waals surface area contributed by atoms with Crippen molar-refractivity contribution in [1.29, 1.82) is 0 Å². The fourth-order valence-electron chi connectivity index (χ4n) is 2.39. The van der Waals surface area contributed by atoms with Gasteiger partial charge in [0, 0.05) is 43.2 Å². The number of rotatable bonds is 8. The summed E-state index contributed by atoms with van der Waals surface area (Å²) < 4.78 is 1.75. The molecule has 0 aliphatic heterocycles. The third-order valence-corrected chi connectivity index (χ3v) is 4.86. The van der Waals surface area contributed by atoms with E-state index in [0.29, 0.717) is 29.4 Å². The Hall–Kier alpha value is -3.20. The van der Waals surface area contributed by atoms with E-state index in [-0.39, 0.29) is 17.6 Å². The minimum atomic E-state index is -0.161. The van der Waals surface area contributed by atoms with Crippen molar-refractivity contribution in [3.63, 3.8) is 0 Å². The van der Waals surface area contributed by atoms with Crippen LogP contribution in [-0.2, 0) is 18.3 Å². The summed E-state index contributed by atoms with van der Waals surface area (Å²) in [6.07, 6.45) is 3.99. The number of pyridine rings is 1. The van der Waals surface area contributed by atoms with Crippen LogP contribution in [0.1, 0.15) is 16.1 Å². The van der Waals surface area contributed by atoms with Crippen molar-refractivity contribution in [3.05, 3.63) is 66.2 Å². The monoisotopic (exact) mass is 396 g/mol. The van der Waals surface area contributed by atoms with Crippen molar-refractivity contribution in [2.45, 2.75) is 11.6 Å². The van der Waals surface area contributed by atoms with Crippen LogP contribution in [0.5, 0.6) is 0 Å². The van der Waals surface area contributed by atoms with Crippen molar-refractivity contribution in [1.82, 2.24) is 25.1 Å². The first-order chi connectivity index (χ1) is 13.6. The number of nitrogens with one attached hydrogen (secondary N) is 2. The molecule has 2 N–H and O–H groups in total. The molecule has 0 aliphatic carbocycles. The number of aryl methyl sites for hydroxylation is 1. The highest BCUT2D eigenvalue weighted by Gasteiger charge is 2.09. The summed E-state index contributed by atoms with van der Waals surface area (Å²) in [4.78, 5) is 28.5. The molecule has 0 unspecified atom stereocenters. The fourth-order valence-corrected chi connectivity index (χ4v) is 3.08. The fraction of sp³-hybridized carbons (Fsp3) is 0.211. The maximum Gasteiger partial charge on any atom is 0.251 e. The van der Waals surface area contributed by atoms with Crippen LogP contribution >= 0.6 is 11.8 Å². The molecule has 0 saturated carbocycles. The minimum absolute atomic E-state index is 0.152. The van der Waals surface area contributed by atoms with E-state index in [9.17, 15) is 9.59 Å². The number of carbonyl (C=O) groups excluding carboxylic acids is 2. The largest absolute Gasteiger partial charge is 0.352 e. The van der Waals surface area contributed by atoms with Gasteiger partial charge in [-0.25, -0.2) is 0 Å². The van der Waals surface area contributed by atoms with E-state index < -0.39 is 0 Å². The molecule has 3 rings (SSSR count). The van der Waals surface area contributed by atoms with Crippen LogP contribution in [-0.4, -0.2) is 43.9 Å². The SMILES string of the molecule is Cn1cnnc1SCC(=O)Nc1ccc(C(=O)NCCc2ccccn2)cc1. The highest BCUT2D eigenvalue weighted by Crippen LogP contribution is 2.15. The van der Waals surface area contributed by atoms with Gasteiger partial charge in [0.25, 0.3) is 5.91 Å². The number of anilines is 1. The van der Waals surface area contributed by atoms with Gasteiger partial charge in [-0.2, -0.15) is 0 Å². The molecule has 8 nitrogen and oxygen atoms in total. The maximum atomic E-state index is 12.2. The molecule has 0 atom stereocenters. The van der Waals surface area contributed by atoms with Crippen molar-refractivity contribution in [2.24, 2.45) is 7.05 Å². The van der Waals surface area contributed by atoms with E-state index in [2.05, 4.69) is 25.8 Å². The highest BCUT2D eigenvalue weighted by atomic mass is 32.2. The molecule has 2 heterocycles. The molecule has 0 spiro atoms. The Labute approximate surface area is 166 Å². The number of hydrogen-bond acceptors (Lipinski definition) is 6. The van der Waals surface area contributed by atoms with E-state index in [1.54, 1.807) is 41.4 Å². The van der Waals surface area contributed by atoms with Crippen LogP contribution in [0, 0.1) is 0 Å². The summed E-state index contributed by atoms with van der Waals surface area (Å²) in [7, 11) is 1.82. The van der Waals surface area contributed by atoms with Gasteiger partial charge in [0.15, 0.2) is 5.16 Å². The van der Waals surface area contributed by atoms with Crippen LogP contribution < -0.4 is 10.6 Å². The molecule has 144 valence electrons. The van der Waals surface area contributed by atoms with Gasteiger partial charge in [0.05, 0.1) is 5.75 Å². The Balaban J connectivity index is 1.44. The molecule has 0 radical (unpaired) electrons. The van der Waals surface area contributed by atoms with Gasteiger partial charge >= 0.3 is 0 Å². The number of carbonyl (C=O) groups is 2. The second kappa shape index (κ2) is 9.65. The lowest BCUT2D eigenvalue weighted by Gasteiger charge is -2.07. The van der Waals surface area contributed by atoms with Crippen LogP contribution in [0.2, 0.25) is 0 Å². The average Bonchev–Trinajstić information content (AvgIpc) is 3.12. The molecule has 9 heteroatoms. The Morgan fingerprint density at radius 2 is 1.96 bits per heavy atom. The second-order valence-electron chi connectivity index (χ2n) is 5.97. The van der Waals surface area contributed by atoms with Gasteiger partial charge in [-0.3, -0.25) is 14.6 Å². The number of amides is 2. The van der Waals surface area contributed by atoms with E-state index in [1.165, 1.54) is 11.8 Å². The maximum absolute atomic E-state index is 12.2. The van der Waals surface area contributed by atoms with E-state index in [0.717, 1.165) is 5.69 Å². The summed E-state index contributed by atoms with van der Waals surface area (Å²) in [5.41, 5.74) is 2.10. The third kappa shape index (κ3) is 5.65. The second-order valence-corrected chi connectivity index (χ2v) is 6.91. The van der Waals surface area contributed by atoms with Crippen LogP contribution in [0.25, 0.3) is 0 Å². The molecular formula is C19H20N6O2S. The van der Waals surface area contributed by atoms with Gasteiger partial charge < -0.3 is 15.2 Å². The zero-order valence-electron chi connectivity index (χ0n) is 15.3. The average molecular weight is 396 g/mol. The summed E-state index contributed by atoms with van der Waals surface area (Å²) in [6.45, 7) is 0.508. The molecule has 1 aromatic carbocycles. The van der Waals surface area contributed by atoms with Crippen LogP contribution in [0.15, 0.2) is 60.1 Å². The van der Waals surface area contributed by atoms with Crippen molar-refractivity contribution >= 4 is 29.3 Å². The van der Waals surface area contributed by atoms with Crippen molar-refractivity contribution in [2.75, 3.05) is 17.6 Å². The Kier molecular flexibility index (Phi) is 6.74. The smallest absolute Gasteiger partial charge is 0.251 e. The van der Waals surface area contributed by atoms with E-state index in [4.69, 9.17) is 0 Å². The number of benzene rings is 1. The first kappa shape index (κ1) is 19.6. The zero-order chi connectivity index (χ0) is 19.8. The lowest BCUT2D eigenvalue weighted by molar-refractivity contribution is -0.113. The summed E-state index contributed by atoms with van der Waals surface area (Å²) in [6, 6.07) is 12.5. The Bertz CT molecular complexity index is 927. The van der Waals surface area contributed by atoms with E-state index in [1.807, 2.05) is 25.2 Å². The molecule has 0 saturated heterocycles. The normalized spacial score (nSPS) is 10.5. The van der Waals surface area contributed by atoms with Gasteiger partial charge in [0.2, 0.25) is 5.91 Å². The van der Waals surface area contributed by atoms with Crippen LogP contribution in [0.3, 0.4) is 0 Å².